The van der Waals surface area contributed by atoms with Crippen LogP contribution in [0.4, 0.5) is 0 Å². The molecule has 1 saturated heterocycles. The van der Waals surface area contributed by atoms with E-state index in [1.54, 1.807) is 0 Å². The van der Waals surface area contributed by atoms with Crippen molar-refractivity contribution in [2.75, 3.05) is 5.75 Å². The molecule has 0 N–H and O–H groups in total. The maximum atomic E-state index is 11.0. The number of carbonyl (C=O) groups is 1. The number of thioether (sulfide) groups is 1. The molecule has 1 nitrogen and oxygen atoms in total. The van der Waals surface area contributed by atoms with Gasteiger partial charge < -0.3 is 4.79 Å². The first-order chi connectivity index (χ1) is 5.97. The van der Waals surface area contributed by atoms with Crippen LogP contribution in [0.15, 0.2) is 0 Å². The van der Waals surface area contributed by atoms with E-state index in [1.165, 1.54) is 18.5 Å². The van der Waals surface area contributed by atoms with Crippen LogP contribution in [-0.4, -0.2) is 16.8 Å². The monoisotopic (exact) mass is 200 g/mol. The van der Waals surface area contributed by atoms with Gasteiger partial charge >= 0.3 is 0 Å². The van der Waals surface area contributed by atoms with Crippen LogP contribution >= 0.6 is 11.8 Å². The average molecular weight is 200 g/mol. The van der Waals surface area contributed by atoms with Gasteiger partial charge in [-0.05, 0) is 36.9 Å². The van der Waals surface area contributed by atoms with Crippen molar-refractivity contribution in [1.82, 2.24) is 0 Å². The molecule has 13 heavy (non-hydrogen) atoms. The largest absolute Gasteiger partial charge is 0.302 e. The van der Waals surface area contributed by atoms with Gasteiger partial charge in [-0.15, -0.1) is 11.8 Å². The highest BCUT2D eigenvalue weighted by molar-refractivity contribution is 8.01. The summed E-state index contributed by atoms with van der Waals surface area (Å²) in [6, 6.07) is 0. The van der Waals surface area contributed by atoms with Gasteiger partial charge in [0.1, 0.15) is 6.29 Å². The van der Waals surface area contributed by atoms with Gasteiger partial charge in [0.25, 0.3) is 0 Å². The van der Waals surface area contributed by atoms with E-state index in [2.05, 4.69) is 20.8 Å². The summed E-state index contributed by atoms with van der Waals surface area (Å²) >= 11 is 1.86. The molecule has 0 aliphatic carbocycles. The number of aldehydes is 1. The van der Waals surface area contributed by atoms with Crippen LogP contribution in [0, 0.1) is 5.41 Å². The third kappa shape index (κ3) is 3.34. The second-order valence-electron chi connectivity index (χ2n) is 5.20. The summed E-state index contributed by atoms with van der Waals surface area (Å²) < 4.78 is -0.0206. The lowest BCUT2D eigenvalue weighted by molar-refractivity contribution is -0.110. The molecule has 0 saturated carbocycles. The van der Waals surface area contributed by atoms with E-state index >= 15 is 0 Å². The highest BCUT2D eigenvalue weighted by Gasteiger charge is 2.34. The third-order valence-electron chi connectivity index (χ3n) is 2.65. The van der Waals surface area contributed by atoms with Crippen LogP contribution in [0.25, 0.3) is 0 Å². The summed E-state index contributed by atoms with van der Waals surface area (Å²) in [5.74, 6) is 1.17. The zero-order valence-electron chi connectivity index (χ0n) is 8.93. The van der Waals surface area contributed by atoms with Gasteiger partial charge in [0.2, 0.25) is 0 Å². The molecule has 1 fully saturated rings. The Morgan fingerprint density at radius 3 is 2.54 bits per heavy atom. The molecular weight excluding hydrogens is 180 g/mol. The molecule has 2 heteroatoms. The van der Waals surface area contributed by atoms with Gasteiger partial charge in [0.15, 0.2) is 0 Å². The van der Waals surface area contributed by atoms with Gasteiger partial charge in [-0.1, -0.05) is 20.8 Å². The summed E-state index contributed by atoms with van der Waals surface area (Å²) in [5.41, 5.74) is 0.360. The Bertz CT molecular complexity index is 175. The second kappa shape index (κ2) is 4.04. The summed E-state index contributed by atoms with van der Waals surface area (Å²) in [4.78, 5) is 11.0. The minimum absolute atomic E-state index is 0.0206. The molecule has 0 amide bonds. The average Bonchev–Trinajstić information content (AvgIpc) is 2.49. The van der Waals surface area contributed by atoms with E-state index in [0.29, 0.717) is 5.41 Å². The molecule has 0 aromatic heterocycles. The molecule has 0 aromatic rings. The molecule has 0 aromatic carbocycles. The molecule has 1 unspecified atom stereocenters. The summed E-state index contributed by atoms with van der Waals surface area (Å²) in [6.07, 6.45) is 5.71. The molecule has 0 spiro atoms. The fourth-order valence-corrected chi connectivity index (χ4v) is 2.95. The second-order valence-corrected chi connectivity index (χ2v) is 6.71. The summed E-state index contributed by atoms with van der Waals surface area (Å²) in [6.45, 7) is 6.72. The van der Waals surface area contributed by atoms with Crippen LogP contribution in [0.3, 0.4) is 0 Å². The Labute approximate surface area is 85.7 Å². The van der Waals surface area contributed by atoms with Crippen LogP contribution in [0.1, 0.15) is 46.5 Å². The van der Waals surface area contributed by atoms with Crippen molar-refractivity contribution in [2.24, 2.45) is 5.41 Å². The normalized spacial score (nSPS) is 29.2. The molecule has 0 radical (unpaired) electrons. The Morgan fingerprint density at radius 1 is 1.46 bits per heavy atom. The zero-order chi connectivity index (χ0) is 9.95. The Morgan fingerprint density at radius 2 is 2.15 bits per heavy atom. The fraction of sp³-hybridized carbons (Fsp3) is 0.909. The van der Waals surface area contributed by atoms with E-state index < -0.39 is 0 Å². The maximum absolute atomic E-state index is 11.0. The molecule has 1 rings (SSSR count). The van der Waals surface area contributed by atoms with Crippen molar-refractivity contribution in [1.29, 1.82) is 0 Å². The number of carbonyl (C=O) groups excluding carboxylic acids is 1. The molecular formula is C11H20OS. The molecule has 76 valence electrons. The molecule has 1 heterocycles. The predicted molar refractivity (Wildman–Crippen MR) is 59.2 cm³/mol. The number of hydrogen-bond donors (Lipinski definition) is 0. The minimum atomic E-state index is -0.0206. The molecule has 0 bridgehead atoms. The topological polar surface area (TPSA) is 17.1 Å². The zero-order valence-corrected chi connectivity index (χ0v) is 9.75. The third-order valence-corrected chi connectivity index (χ3v) is 4.22. The highest BCUT2D eigenvalue weighted by Crippen LogP contribution is 2.42. The maximum Gasteiger partial charge on any atom is 0.136 e. The lowest BCUT2D eigenvalue weighted by atomic mass is 9.85. The smallest absolute Gasteiger partial charge is 0.136 e. The first kappa shape index (κ1) is 11.1. The Balaban J connectivity index is 2.45. The summed E-state index contributed by atoms with van der Waals surface area (Å²) in [7, 11) is 0. The van der Waals surface area contributed by atoms with Crippen LogP contribution in [0.5, 0.6) is 0 Å². The quantitative estimate of drug-likeness (QED) is 0.650. The lowest BCUT2D eigenvalue weighted by Crippen LogP contribution is -2.25. The molecule has 1 aliphatic rings. The Hall–Kier alpha value is 0.0200. The fourth-order valence-electron chi connectivity index (χ4n) is 1.65. The van der Waals surface area contributed by atoms with E-state index in [4.69, 9.17) is 0 Å². The molecule has 1 aliphatic heterocycles. The van der Waals surface area contributed by atoms with Crippen molar-refractivity contribution in [3.63, 3.8) is 0 Å². The van der Waals surface area contributed by atoms with Gasteiger partial charge in [-0.3, -0.25) is 0 Å². The lowest BCUT2D eigenvalue weighted by Gasteiger charge is -2.26. The Kier molecular flexibility index (Phi) is 3.44. The van der Waals surface area contributed by atoms with E-state index in [1.807, 2.05) is 11.8 Å². The van der Waals surface area contributed by atoms with Gasteiger partial charge in [-0.25, -0.2) is 0 Å². The SMILES string of the molecule is CC(C)(C)CCC1(C=O)CCCS1. The van der Waals surface area contributed by atoms with Crippen molar-refractivity contribution >= 4 is 18.0 Å². The van der Waals surface area contributed by atoms with Crippen molar-refractivity contribution < 1.29 is 4.79 Å². The molecule has 1 atom stereocenters. The van der Waals surface area contributed by atoms with Crippen LogP contribution in [-0.2, 0) is 4.79 Å². The number of hydrogen-bond acceptors (Lipinski definition) is 2. The van der Waals surface area contributed by atoms with Gasteiger partial charge in [-0.2, -0.15) is 0 Å². The summed E-state index contributed by atoms with van der Waals surface area (Å²) in [5, 5.41) is 0. The van der Waals surface area contributed by atoms with Crippen molar-refractivity contribution in [3.05, 3.63) is 0 Å². The number of rotatable bonds is 3. The van der Waals surface area contributed by atoms with Gasteiger partial charge in [0, 0.05) is 0 Å². The highest BCUT2D eigenvalue weighted by atomic mass is 32.2. The van der Waals surface area contributed by atoms with E-state index in [-0.39, 0.29) is 4.75 Å². The van der Waals surface area contributed by atoms with Crippen LogP contribution < -0.4 is 0 Å². The van der Waals surface area contributed by atoms with Crippen molar-refractivity contribution in [3.8, 4) is 0 Å². The van der Waals surface area contributed by atoms with E-state index in [9.17, 15) is 4.79 Å². The standard InChI is InChI=1S/C11H20OS/c1-10(2,3)6-7-11(9-12)5-4-8-13-11/h9H,4-8H2,1-3H3. The first-order valence-electron chi connectivity index (χ1n) is 5.08. The van der Waals surface area contributed by atoms with Gasteiger partial charge in [0.05, 0.1) is 4.75 Å². The predicted octanol–water partition coefficient (Wildman–Crippen LogP) is 3.28. The van der Waals surface area contributed by atoms with Crippen LogP contribution in [0.2, 0.25) is 0 Å². The van der Waals surface area contributed by atoms with E-state index in [0.717, 1.165) is 19.3 Å². The first-order valence-corrected chi connectivity index (χ1v) is 6.06. The minimum Gasteiger partial charge on any atom is -0.302 e. The van der Waals surface area contributed by atoms with Crippen molar-refractivity contribution in [2.45, 2.75) is 51.2 Å².